The molecule has 0 aliphatic rings. The first-order valence-corrected chi connectivity index (χ1v) is 5.83. The molecule has 0 saturated carbocycles. The summed E-state index contributed by atoms with van der Waals surface area (Å²) < 4.78 is 5.17. The molecule has 6 heteroatoms. The number of rotatable bonds is 4. The number of benzene rings is 1. The van der Waals surface area contributed by atoms with Gasteiger partial charge in [-0.3, -0.25) is 0 Å². The Morgan fingerprint density at radius 1 is 1.28 bits per heavy atom. The van der Waals surface area contributed by atoms with Crippen LogP contribution >= 0.6 is 23.2 Å². The Hall–Kier alpha value is -1.65. The molecule has 0 saturated heterocycles. The molecule has 1 heterocycles. The Labute approximate surface area is 113 Å². The number of nitrogens with one attached hydrogen (secondary N) is 1. The van der Waals surface area contributed by atoms with Crippen LogP contribution in [0, 0.1) is 0 Å². The number of aromatic carboxylic acids is 1. The van der Waals surface area contributed by atoms with Crippen molar-refractivity contribution < 1.29 is 14.3 Å². The SMILES string of the molecule is O=C(O)c1cc(NCc2ccc(Cl)o2)ccc1Cl. The summed E-state index contributed by atoms with van der Waals surface area (Å²) >= 11 is 11.4. The third-order valence-electron chi connectivity index (χ3n) is 2.29. The second kappa shape index (κ2) is 5.33. The van der Waals surface area contributed by atoms with Crippen LogP contribution in [0.5, 0.6) is 0 Å². The third kappa shape index (κ3) is 2.97. The fourth-order valence-corrected chi connectivity index (χ4v) is 1.80. The van der Waals surface area contributed by atoms with E-state index in [1.54, 1.807) is 18.2 Å². The normalized spacial score (nSPS) is 10.3. The summed E-state index contributed by atoms with van der Waals surface area (Å²) in [6.45, 7) is 0.410. The summed E-state index contributed by atoms with van der Waals surface area (Å²) in [6.07, 6.45) is 0. The van der Waals surface area contributed by atoms with E-state index in [2.05, 4.69) is 5.32 Å². The van der Waals surface area contributed by atoms with E-state index in [0.29, 0.717) is 23.2 Å². The molecule has 0 atom stereocenters. The minimum absolute atomic E-state index is 0.0548. The molecule has 0 amide bonds. The Morgan fingerprint density at radius 2 is 2.06 bits per heavy atom. The van der Waals surface area contributed by atoms with Gasteiger partial charge in [0.2, 0.25) is 0 Å². The zero-order valence-corrected chi connectivity index (χ0v) is 10.6. The summed E-state index contributed by atoms with van der Waals surface area (Å²) in [5.41, 5.74) is 0.698. The Bertz CT molecular complexity index is 580. The molecule has 4 nitrogen and oxygen atoms in total. The van der Waals surface area contributed by atoms with Crippen LogP contribution in [0.1, 0.15) is 16.1 Å². The summed E-state index contributed by atoms with van der Waals surface area (Å²) in [5.74, 6) is -0.406. The first-order chi connectivity index (χ1) is 8.56. The molecule has 0 fully saturated rings. The maximum Gasteiger partial charge on any atom is 0.337 e. The number of hydrogen-bond donors (Lipinski definition) is 2. The molecule has 0 bridgehead atoms. The lowest BCUT2D eigenvalue weighted by Gasteiger charge is -2.06. The Kier molecular flexibility index (Phi) is 3.79. The van der Waals surface area contributed by atoms with Gasteiger partial charge in [0.25, 0.3) is 0 Å². The molecule has 94 valence electrons. The van der Waals surface area contributed by atoms with Crippen LogP contribution in [0.3, 0.4) is 0 Å². The van der Waals surface area contributed by atoms with Crippen LogP contribution in [-0.2, 0) is 6.54 Å². The molecular formula is C12H9Cl2NO3. The molecule has 2 rings (SSSR count). The zero-order valence-electron chi connectivity index (χ0n) is 9.11. The van der Waals surface area contributed by atoms with Gasteiger partial charge in [0.05, 0.1) is 17.1 Å². The molecular weight excluding hydrogens is 277 g/mol. The van der Waals surface area contributed by atoms with E-state index >= 15 is 0 Å². The first kappa shape index (κ1) is 12.8. The summed E-state index contributed by atoms with van der Waals surface area (Å²) in [6, 6.07) is 8.07. The van der Waals surface area contributed by atoms with E-state index in [1.807, 2.05) is 0 Å². The second-order valence-corrected chi connectivity index (χ2v) is 4.34. The van der Waals surface area contributed by atoms with Gasteiger partial charge in [-0.05, 0) is 41.9 Å². The summed E-state index contributed by atoms with van der Waals surface area (Å²) in [5, 5.41) is 12.5. The molecule has 1 aromatic heterocycles. The van der Waals surface area contributed by atoms with E-state index in [4.69, 9.17) is 32.7 Å². The number of anilines is 1. The van der Waals surface area contributed by atoms with Crippen molar-refractivity contribution in [2.75, 3.05) is 5.32 Å². The molecule has 0 aliphatic heterocycles. The molecule has 18 heavy (non-hydrogen) atoms. The number of halogens is 2. The van der Waals surface area contributed by atoms with E-state index in [1.165, 1.54) is 12.1 Å². The zero-order chi connectivity index (χ0) is 13.1. The average Bonchev–Trinajstić information content (AvgIpc) is 2.74. The number of carboxylic acid groups (broad SMARTS) is 1. The third-order valence-corrected chi connectivity index (χ3v) is 2.83. The number of furan rings is 1. The summed E-state index contributed by atoms with van der Waals surface area (Å²) in [4.78, 5) is 10.9. The highest BCUT2D eigenvalue weighted by Crippen LogP contribution is 2.21. The van der Waals surface area contributed by atoms with Gasteiger partial charge in [-0.2, -0.15) is 0 Å². The van der Waals surface area contributed by atoms with Gasteiger partial charge in [-0.1, -0.05) is 11.6 Å². The van der Waals surface area contributed by atoms with E-state index in [-0.39, 0.29) is 10.6 Å². The van der Waals surface area contributed by atoms with E-state index in [0.717, 1.165) is 0 Å². The number of carbonyl (C=O) groups is 1. The van der Waals surface area contributed by atoms with Gasteiger partial charge >= 0.3 is 5.97 Å². The van der Waals surface area contributed by atoms with E-state index in [9.17, 15) is 4.79 Å². The second-order valence-electron chi connectivity index (χ2n) is 3.56. The van der Waals surface area contributed by atoms with Gasteiger partial charge in [-0.25, -0.2) is 4.79 Å². The van der Waals surface area contributed by atoms with Crippen molar-refractivity contribution >= 4 is 34.9 Å². The Morgan fingerprint density at radius 3 is 2.67 bits per heavy atom. The topological polar surface area (TPSA) is 62.5 Å². The molecule has 0 unspecified atom stereocenters. The van der Waals surface area contributed by atoms with Gasteiger partial charge in [0.1, 0.15) is 5.76 Å². The van der Waals surface area contributed by atoms with Crippen molar-refractivity contribution in [2.45, 2.75) is 6.54 Å². The molecule has 0 aliphatic carbocycles. The highest BCUT2D eigenvalue weighted by atomic mass is 35.5. The predicted molar refractivity (Wildman–Crippen MR) is 69.5 cm³/mol. The van der Waals surface area contributed by atoms with Crippen molar-refractivity contribution in [3.05, 3.63) is 51.9 Å². The quantitative estimate of drug-likeness (QED) is 0.894. The molecule has 1 aromatic carbocycles. The predicted octanol–water partition coefficient (Wildman–Crippen LogP) is 3.90. The minimum Gasteiger partial charge on any atom is -0.478 e. The van der Waals surface area contributed by atoms with Crippen molar-refractivity contribution in [1.82, 2.24) is 0 Å². The lowest BCUT2D eigenvalue weighted by Crippen LogP contribution is -2.02. The van der Waals surface area contributed by atoms with Crippen LogP contribution in [0.4, 0.5) is 5.69 Å². The van der Waals surface area contributed by atoms with Crippen molar-refractivity contribution in [1.29, 1.82) is 0 Å². The fourth-order valence-electron chi connectivity index (χ4n) is 1.44. The van der Waals surface area contributed by atoms with E-state index < -0.39 is 5.97 Å². The maximum atomic E-state index is 10.9. The smallest absolute Gasteiger partial charge is 0.337 e. The van der Waals surface area contributed by atoms with Crippen LogP contribution in [0.25, 0.3) is 0 Å². The molecule has 2 N–H and O–H groups in total. The largest absolute Gasteiger partial charge is 0.478 e. The van der Waals surface area contributed by atoms with Crippen LogP contribution in [0.15, 0.2) is 34.7 Å². The molecule has 0 spiro atoms. The highest BCUT2D eigenvalue weighted by Gasteiger charge is 2.09. The number of hydrogen-bond acceptors (Lipinski definition) is 3. The van der Waals surface area contributed by atoms with Crippen molar-refractivity contribution in [2.24, 2.45) is 0 Å². The lowest BCUT2D eigenvalue weighted by atomic mass is 10.2. The lowest BCUT2D eigenvalue weighted by molar-refractivity contribution is 0.0697. The van der Waals surface area contributed by atoms with Crippen molar-refractivity contribution in [3.63, 3.8) is 0 Å². The average molecular weight is 286 g/mol. The maximum absolute atomic E-state index is 10.9. The van der Waals surface area contributed by atoms with Gasteiger partial charge in [0, 0.05) is 5.69 Å². The highest BCUT2D eigenvalue weighted by molar-refractivity contribution is 6.33. The van der Waals surface area contributed by atoms with Crippen LogP contribution < -0.4 is 5.32 Å². The van der Waals surface area contributed by atoms with Gasteiger partial charge in [0.15, 0.2) is 5.22 Å². The van der Waals surface area contributed by atoms with Crippen LogP contribution in [0.2, 0.25) is 10.2 Å². The minimum atomic E-state index is -1.07. The molecule has 2 aromatic rings. The molecule has 0 radical (unpaired) electrons. The monoisotopic (exact) mass is 285 g/mol. The summed E-state index contributed by atoms with van der Waals surface area (Å²) in [7, 11) is 0. The van der Waals surface area contributed by atoms with Gasteiger partial charge in [-0.15, -0.1) is 0 Å². The van der Waals surface area contributed by atoms with Crippen molar-refractivity contribution in [3.8, 4) is 0 Å². The fraction of sp³-hybridized carbons (Fsp3) is 0.0833. The number of carboxylic acids is 1. The Balaban J connectivity index is 2.10. The first-order valence-electron chi connectivity index (χ1n) is 5.07. The van der Waals surface area contributed by atoms with Crippen LogP contribution in [-0.4, -0.2) is 11.1 Å². The van der Waals surface area contributed by atoms with Gasteiger partial charge < -0.3 is 14.8 Å². The standard InChI is InChI=1S/C12H9Cl2NO3/c13-10-3-1-7(5-9(10)12(16)17)15-6-8-2-4-11(14)18-8/h1-5,15H,6H2,(H,16,17).